The summed E-state index contributed by atoms with van der Waals surface area (Å²) in [4.78, 5) is 23.1. The molecule has 1 unspecified atom stereocenters. The first-order valence-electron chi connectivity index (χ1n) is 6.38. The molecule has 0 amide bonds. The number of carboxylic acid groups (broad SMARTS) is 1. The third-order valence-corrected chi connectivity index (χ3v) is 3.71. The molecular formula is C14H17NO5. The molecule has 20 heavy (non-hydrogen) atoms. The van der Waals surface area contributed by atoms with Gasteiger partial charge in [-0.1, -0.05) is 6.07 Å². The minimum absolute atomic E-state index is 0.0487. The second-order valence-corrected chi connectivity index (χ2v) is 5.07. The number of hydrogen-bond donors (Lipinski definition) is 3. The summed E-state index contributed by atoms with van der Waals surface area (Å²) in [7, 11) is 0. The minimum Gasteiger partial charge on any atom is -0.478 e. The van der Waals surface area contributed by atoms with Gasteiger partial charge in [-0.2, -0.15) is 5.06 Å². The topological polar surface area (TPSA) is 98.1 Å². The SMILES string of the molecule is Cc1cc(C(=O)O)ccc1C1(O)CCN(O)CCC1=O. The Morgan fingerprint density at radius 1 is 1.35 bits per heavy atom. The Balaban J connectivity index is 2.42. The minimum atomic E-state index is -1.67. The number of aromatic carboxylic acids is 1. The fourth-order valence-electron chi connectivity index (χ4n) is 2.53. The summed E-state index contributed by atoms with van der Waals surface area (Å²) < 4.78 is 0. The van der Waals surface area contributed by atoms with E-state index in [0.717, 1.165) is 5.06 Å². The van der Waals surface area contributed by atoms with Crippen LogP contribution in [0, 0.1) is 6.92 Å². The number of hydroxylamine groups is 2. The van der Waals surface area contributed by atoms with Gasteiger partial charge in [0.1, 0.15) is 5.60 Å². The molecule has 6 nitrogen and oxygen atoms in total. The van der Waals surface area contributed by atoms with Gasteiger partial charge in [-0.15, -0.1) is 0 Å². The highest BCUT2D eigenvalue weighted by atomic mass is 16.5. The van der Waals surface area contributed by atoms with Gasteiger partial charge >= 0.3 is 5.97 Å². The summed E-state index contributed by atoms with van der Waals surface area (Å²) in [5.41, 5.74) is -0.604. The molecule has 1 atom stereocenters. The number of nitrogens with zero attached hydrogens (tertiary/aromatic N) is 1. The van der Waals surface area contributed by atoms with Crippen LogP contribution in [0.3, 0.4) is 0 Å². The van der Waals surface area contributed by atoms with Crippen molar-refractivity contribution >= 4 is 11.8 Å². The summed E-state index contributed by atoms with van der Waals surface area (Å²) in [6.07, 6.45) is 0.128. The van der Waals surface area contributed by atoms with E-state index in [0.29, 0.717) is 11.1 Å². The van der Waals surface area contributed by atoms with Gasteiger partial charge in [-0.3, -0.25) is 4.79 Å². The van der Waals surface area contributed by atoms with E-state index >= 15 is 0 Å². The van der Waals surface area contributed by atoms with Crippen molar-refractivity contribution in [3.63, 3.8) is 0 Å². The van der Waals surface area contributed by atoms with E-state index in [1.54, 1.807) is 6.92 Å². The zero-order valence-electron chi connectivity index (χ0n) is 11.2. The summed E-state index contributed by atoms with van der Waals surface area (Å²) in [6.45, 7) is 2.03. The predicted molar refractivity (Wildman–Crippen MR) is 69.6 cm³/mol. The van der Waals surface area contributed by atoms with Gasteiger partial charge in [-0.05, 0) is 30.2 Å². The molecule has 0 spiro atoms. The average molecular weight is 279 g/mol. The summed E-state index contributed by atoms with van der Waals surface area (Å²) in [5, 5.41) is 30.1. The number of carboxylic acids is 1. The molecule has 1 aliphatic rings. The molecule has 1 aromatic rings. The number of rotatable bonds is 2. The summed E-state index contributed by atoms with van der Waals surface area (Å²) in [6, 6.07) is 4.28. The van der Waals surface area contributed by atoms with Gasteiger partial charge < -0.3 is 15.4 Å². The second kappa shape index (κ2) is 5.32. The first kappa shape index (κ1) is 14.6. The summed E-state index contributed by atoms with van der Waals surface area (Å²) in [5.74, 6) is -1.42. The van der Waals surface area contributed by atoms with Crippen LogP contribution in [-0.2, 0) is 10.4 Å². The van der Waals surface area contributed by atoms with Crippen LogP contribution in [0.2, 0.25) is 0 Å². The van der Waals surface area contributed by atoms with E-state index in [9.17, 15) is 19.9 Å². The van der Waals surface area contributed by atoms with Crippen molar-refractivity contribution < 1.29 is 25.0 Å². The highest BCUT2D eigenvalue weighted by Crippen LogP contribution is 2.32. The molecule has 6 heteroatoms. The van der Waals surface area contributed by atoms with Crippen molar-refractivity contribution in [3.8, 4) is 0 Å². The first-order chi connectivity index (χ1) is 9.34. The van der Waals surface area contributed by atoms with Crippen molar-refractivity contribution in [2.45, 2.75) is 25.4 Å². The highest BCUT2D eigenvalue weighted by molar-refractivity contribution is 5.91. The van der Waals surface area contributed by atoms with Crippen LogP contribution in [-0.4, -0.2) is 45.3 Å². The molecular weight excluding hydrogens is 262 g/mol. The largest absolute Gasteiger partial charge is 0.478 e. The normalized spacial score (nSPS) is 24.4. The number of carbonyl (C=O) groups excluding carboxylic acids is 1. The van der Waals surface area contributed by atoms with Gasteiger partial charge in [0.25, 0.3) is 0 Å². The van der Waals surface area contributed by atoms with E-state index in [1.807, 2.05) is 0 Å². The van der Waals surface area contributed by atoms with Gasteiger partial charge in [-0.25, -0.2) is 4.79 Å². The molecule has 0 bridgehead atoms. The Hall–Kier alpha value is -1.76. The molecule has 1 fully saturated rings. The van der Waals surface area contributed by atoms with E-state index in [2.05, 4.69) is 0 Å². The van der Waals surface area contributed by atoms with E-state index in [4.69, 9.17) is 5.11 Å². The molecule has 1 heterocycles. The number of hydrogen-bond acceptors (Lipinski definition) is 5. The van der Waals surface area contributed by atoms with Crippen LogP contribution < -0.4 is 0 Å². The van der Waals surface area contributed by atoms with Crippen molar-refractivity contribution in [2.24, 2.45) is 0 Å². The number of Topliss-reactive ketones (excluding diaryl/α,β-unsaturated/α-hetero) is 1. The Kier molecular flexibility index (Phi) is 3.89. The monoisotopic (exact) mass is 279 g/mol. The third-order valence-electron chi connectivity index (χ3n) is 3.71. The van der Waals surface area contributed by atoms with Crippen LogP contribution >= 0.6 is 0 Å². The fourth-order valence-corrected chi connectivity index (χ4v) is 2.53. The lowest BCUT2D eigenvalue weighted by Crippen LogP contribution is -2.36. The molecule has 0 aromatic heterocycles. The lowest BCUT2D eigenvalue weighted by atomic mass is 9.83. The number of carbonyl (C=O) groups is 2. The van der Waals surface area contributed by atoms with Crippen molar-refractivity contribution in [1.82, 2.24) is 5.06 Å². The summed E-state index contributed by atoms with van der Waals surface area (Å²) >= 11 is 0. The number of ketones is 1. The van der Waals surface area contributed by atoms with E-state index in [-0.39, 0.29) is 37.3 Å². The molecule has 1 saturated heterocycles. The number of aryl methyl sites for hydroxylation is 1. The zero-order chi connectivity index (χ0) is 14.9. The molecule has 3 N–H and O–H groups in total. The van der Waals surface area contributed by atoms with Gasteiger partial charge in [0.05, 0.1) is 5.56 Å². The van der Waals surface area contributed by atoms with Crippen LogP contribution in [0.25, 0.3) is 0 Å². The standard InChI is InChI=1S/C14H17NO5/c1-9-8-10(13(17)18)2-3-11(9)14(19)5-7-15(20)6-4-12(14)16/h2-3,8,19-20H,4-7H2,1H3,(H,17,18). The van der Waals surface area contributed by atoms with Crippen molar-refractivity contribution in [3.05, 3.63) is 34.9 Å². The van der Waals surface area contributed by atoms with E-state index < -0.39 is 11.6 Å². The quantitative estimate of drug-likeness (QED) is 0.745. The molecule has 0 saturated carbocycles. The molecule has 0 radical (unpaired) electrons. The van der Waals surface area contributed by atoms with Gasteiger partial charge in [0.15, 0.2) is 5.78 Å². The highest BCUT2D eigenvalue weighted by Gasteiger charge is 2.40. The van der Waals surface area contributed by atoms with Crippen molar-refractivity contribution in [1.29, 1.82) is 0 Å². The Morgan fingerprint density at radius 2 is 2.05 bits per heavy atom. The Bertz CT molecular complexity index is 556. The fraction of sp³-hybridized carbons (Fsp3) is 0.429. The maximum Gasteiger partial charge on any atom is 0.335 e. The number of benzene rings is 1. The Morgan fingerprint density at radius 3 is 2.65 bits per heavy atom. The molecule has 1 aliphatic heterocycles. The zero-order valence-corrected chi connectivity index (χ0v) is 11.2. The van der Waals surface area contributed by atoms with Crippen molar-refractivity contribution in [2.75, 3.05) is 13.1 Å². The first-order valence-corrected chi connectivity index (χ1v) is 6.38. The average Bonchev–Trinajstić information content (AvgIpc) is 2.53. The lowest BCUT2D eigenvalue weighted by Gasteiger charge is -2.27. The smallest absolute Gasteiger partial charge is 0.335 e. The van der Waals surface area contributed by atoms with Crippen LogP contribution in [0.15, 0.2) is 18.2 Å². The molecule has 1 aromatic carbocycles. The molecule has 0 aliphatic carbocycles. The van der Waals surface area contributed by atoms with Crippen LogP contribution in [0.1, 0.15) is 34.3 Å². The van der Waals surface area contributed by atoms with Crippen LogP contribution in [0.4, 0.5) is 0 Å². The molecule has 108 valence electrons. The maximum absolute atomic E-state index is 12.1. The Labute approximate surface area is 116 Å². The third kappa shape index (κ3) is 2.58. The van der Waals surface area contributed by atoms with Gasteiger partial charge in [0, 0.05) is 25.9 Å². The second-order valence-electron chi connectivity index (χ2n) is 5.07. The maximum atomic E-state index is 12.1. The number of aliphatic hydroxyl groups is 1. The van der Waals surface area contributed by atoms with Gasteiger partial charge in [0.2, 0.25) is 0 Å². The van der Waals surface area contributed by atoms with Crippen LogP contribution in [0.5, 0.6) is 0 Å². The van der Waals surface area contributed by atoms with E-state index in [1.165, 1.54) is 18.2 Å². The molecule has 2 rings (SSSR count). The lowest BCUT2D eigenvalue weighted by molar-refractivity contribution is -0.138. The predicted octanol–water partition coefficient (Wildman–Crippen LogP) is 0.935.